The normalized spacial score (nSPS) is 19.3. The van der Waals surface area contributed by atoms with Gasteiger partial charge in [0.15, 0.2) is 0 Å². The molecule has 0 bridgehead atoms. The van der Waals surface area contributed by atoms with Crippen molar-refractivity contribution >= 4 is 18.3 Å². The maximum Gasteiger partial charge on any atom is 0.416 e. The average Bonchev–Trinajstić information content (AvgIpc) is 2.94. The summed E-state index contributed by atoms with van der Waals surface area (Å²) < 4.78 is 39.2. The molecule has 1 heterocycles. The van der Waals surface area contributed by atoms with Crippen LogP contribution in [0.1, 0.15) is 43.2 Å². The second kappa shape index (κ2) is 8.02. The highest BCUT2D eigenvalue weighted by molar-refractivity contribution is 5.85. The summed E-state index contributed by atoms with van der Waals surface area (Å²) >= 11 is 0. The fourth-order valence-corrected chi connectivity index (χ4v) is 3.08. The van der Waals surface area contributed by atoms with E-state index < -0.39 is 17.7 Å². The second-order valence-electron chi connectivity index (χ2n) is 5.81. The van der Waals surface area contributed by atoms with Crippen molar-refractivity contribution in [2.45, 2.75) is 44.3 Å². The first-order valence-corrected chi connectivity index (χ1v) is 7.50. The lowest BCUT2D eigenvalue weighted by Gasteiger charge is -2.26. The average molecular weight is 351 g/mol. The number of benzene rings is 1. The van der Waals surface area contributed by atoms with E-state index >= 15 is 0 Å². The Balaban J connectivity index is 0.00000264. The molecule has 23 heavy (non-hydrogen) atoms. The standard InChI is InChI=1S/C16H21F3N2O.ClH/c1-11(9-15(22)21-8-4-5-12(21)10-20)13-6-2-3-7-14(13)16(17,18)19;/h2-3,6-7,11-12H,4-5,8-10,20H2,1H3;1H. The largest absolute Gasteiger partial charge is 0.416 e. The minimum absolute atomic E-state index is 0. The summed E-state index contributed by atoms with van der Waals surface area (Å²) in [5, 5.41) is 0. The molecule has 0 spiro atoms. The van der Waals surface area contributed by atoms with Crippen LogP contribution in [0, 0.1) is 0 Å². The van der Waals surface area contributed by atoms with Gasteiger partial charge in [-0.15, -0.1) is 12.4 Å². The number of hydrogen-bond acceptors (Lipinski definition) is 2. The Kier molecular flexibility index (Phi) is 6.89. The van der Waals surface area contributed by atoms with Crippen molar-refractivity contribution in [3.05, 3.63) is 35.4 Å². The third-order valence-corrected chi connectivity index (χ3v) is 4.25. The van der Waals surface area contributed by atoms with Crippen LogP contribution in [0.5, 0.6) is 0 Å². The van der Waals surface area contributed by atoms with Crippen LogP contribution in [0.4, 0.5) is 13.2 Å². The number of rotatable bonds is 4. The number of alkyl halides is 3. The van der Waals surface area contributed by atoms with Crippen molar-refractivity contribution in [2.75, 3.05) is 13.1 Å². The van der Waals surface area contributed by atoms with E-state index in [9.17, 15) is 18.0 Å². The molecule has 2 atom stereocenters. The molecule has 1 saturated heterocycles. The first kappa shape index (κ1) is 19.8. The lowest BCUT2D eigenvalue weighted by atomic mass is 9.92. The Hall–Kier alpha value is -1.27. The molecule has 2 unspecified atom stereocenters. The molecule has 2 N–H and O–H groups in total. The minimum Gasteiger partial charge on any atom is -0.338 e. The van der Waals surface area contributed by atoms with Crippen molar-refractivity contribution in [3.8, 4) is 0 Å². The molecule has 1 aliphatic rings. The lowest BCUT2D eigenvalue weighted by Crippen LogP contribution is -2.40. The Morgan fingerprint density at radius 2 is 2.04 bits per heavy atom. The van der Waals surface area contributed by atoms with E-state index in [2.05, 4.69) is 0 Å². The molecule has 1 aliphatic heterocycles. The monoisotopic (exact) mass is 350 g/mol. The molecule has 7 heteroatoms. The molecule has 3 nitrogen and oxygen atoms in total. The highest BCUT2D eigenvalue weighted by Crippen LogP contribution is 2.36. The first-order valence-electron chi connectivity index (χ1n) is 7.50. The number of carbonyl (C=O) groups excluding carboxylic acids is 1. The smallest absolute Gasteiger partial charge is 0.338 e. The van der Waals surface area contributed by atoms with Crippen molar-refractivity contribution in [2.24, 2.45) is 5.73 Å². The number of nitrogens with two attached hydrogens (primary N) is 1. The zero-order valence-electron chi connectivity index (χ0n) is 13.0. The van der Waals surface area contributed by atoms with Crippen LogP contribution in [-0.4, -0.2) is 29.9 Å². The van der Waals surface area contributed by atoms with Crippen LogP contribution in [0.25, 0.3) is 0 Å². The maximum atomic E-state index is 13.1. The number of halogens is 4. The summed E-state index contributed by atoms with van der Waals surface area (Å²) in [4.78, 5) is 14.1. The van der Waals surface area contributed by atoms with Gasteiger partial charge in [0, 0.05) is 25.6 Å². The molecule has 0 aromatic heterocycles. The highest BCUT2D eigenvalue weighted by atomic mass is 35.5. The fraction of sp³-hybridized carbons (Fsp3) is 0.562. The Labute approximate surface area is 140 Å². The summed E-state index contributed by atoms with van der Waals surface area (Å²) in [7, 11) is 0. The number of carbonyl (C=O) groups is 1. The Bertz CT molecular complexity index is 536. The van der Waals surface area contributed by atoms with Crippen molar-refractivity contribution in [1.82, 2.24) is 4.90 Å². The molecular weight excluding hydrogens is 329 g/mol. The van der Waals surface area contributed by atoms with Gasteiger partial charge in [0.1, 0.15) is 0 Å². The molecule has 2 rings (SSSR count). The summed E-state index contributed by atoms with van der Waals surface area (Å²) in [6.45, 7) is 2.71. The van der Waals surface area contributed by atoms with Gasteiger partial charge in [-0.1, -0.05) is 25.1 Å². The van der Waals surface area contributed by atoms with Gasteiger partial charge in [0.05, 0.1) is 5.56 Å². The quantitative estimate of drug-likeness (QED) is 0.902. The molecule has 1 fully saturated rings. The Morgan fingerprint density at radius 3 is 2.65 bits per heavy atom. The Morgan fingerprint density at radius 1 is 1.39 bits per heavy atom. The minimum atomic E-state index is -4.40. The van der Waals surface area contributed by atoms with E-state index in [0.717, 1.165) is 18.9 Å². The van der Waals surface area contributed by atoms with E-state index in [1.165, 1.54) is 12.1 Å². The van der Waals surface area contributed by atoms with Crippen LogP contribution >= 0.6 is 12.4 Å². The van der Waals surface area contributed by atoms with Gasteiger partial charge in [-0.25, -0.2) is 0 Å². The predicted octanol–water partition coefficient (Wildman–Crippen LogP) is 3.57. The summed E-state index contributed by atoms with van der Waals surface area (Å²) in [6.07, 6.45) is -2.55. The molecule has 0 radical (unpaired) electrons. The van der Waals surface area contributed by atoms with Crippen LogP contribution in [0.15, 0.2) is 24.3 Å². The van der Waals surface area contributed by atoms with Gasteiger partial charge < -0.3 is 10.6 Å². The SMILES string of the molecule is CC(CC(=O)N1CCCC1CN)c1ccccc1C(F)(F)F.Cl. The molecular formula is C16H22ClF3N2O. The molecule has 130 valence electrons. The van der Waals surface area contributed by atoms with E-state index in [1.54, 1.807) is 17.9 Å². The molecule has 1 aromatic carbocycles. The van der Waals surface area contributed by atoms with Gasteiger partial charge in [-0.3, -0.25) is 4.79 Å². The zero-order valence-corrected chi connectivity index (χ0v) is 13.8. The van der Waals surface area contributed by atoms with E-state index in [1.807, 2.05) is 0 Å². The first-order chi connectivity index (χ1) is 10.3. The van der Waals surface area contributed by atoms with Gasteiger partial charge in [0.25, 0.3) is 0 Å². The number of likely N-dealkylation sites (tertiary alicyclic amines) is 1. The molecule has 0 saturated carbocycles. The molecule has 1 aromatic rings. The topological polar surface area (TPSA) is 46.3 Å². The lowest BCUT2D eigenvalue weighted by molar-refractivity contribution is -0.139. The number of amides is 1. The maximum absolute atomic E-state index is 13.1. The molecule has 0 aliphatic carbocycles. The van der Waals surface area contributed by atoms with E-state index in [0.29, 0.717) is 13.1 Å². The van der Waals surface area contributed by atoms with E-state index in [4.69, 9.17) is 5.73 Å². The zero-order chi connectivity index (χ0) is 16.3. The summed E-state index contributed by atoms with van der Waals surface area (Å²) in [5.74, 6) is -0.596. The highest BCUT2D eigenvalue weighted by Gasteiger charge is 2.35. The van der Waals surface area contributed by atoms with Crippen molar-refractivity contribution in [1.29, 1.82) is 0 Å². The van der Waals surface area contributed by atoms with Crippen LogP contribution in [0.2, 0.25) is 0 Å². The van der Waals surface area contributed by atoms with Crippen molar-refractivity contribution < 1.29 is 18.0 Å². The number of nitrogens with zero attached hydrogens (tertiary/aromatic N) is 1. The number of hydrogen-bond donors (Lipinski definition) is 1. The third kappa shape index (κ3) is 4.61. The summed E-state index contributed by atoms with van der Waals surface area (Å²) in [6, 6.07) is 5.48. The van der Waals surface area contributed by atoms with Gasteiger partial charge in [-0.2, -0.15) is 13.2 Å². The second-order valence-corrected chi connectivity index (χ2v) is 5.81. The van der Waals surface area contributed by atoms with E-state index in [-0.39, 0.29) is 36.3 Å². The van der Waals surface area contributed by atoms with Crippen LogP contribution in [-0.2, 0) is 11.0 Å². The molecule has 1 amide bonds. The van der Waals surface area contributed by atoms with Gasteiger partial charge in [0.2, 0.25) is 5.91 Å². The van der Waals surface area contributed by atoms with Crippen LogP contribution in [0.3, 0.4) is 0 Å². The third-order valence-electron chi connectivity index (χ3n) is 4.25. The van der Waals surface area contributed by atoms with Gasteiger partial charge in [-0.05, 0) is 30.4 Å². The van der Waals surface area contributed by atoms with Crippen molar-refractivity contribution in [3.63, 3.8) is 0 Å². The van der Waals surface area contributed by atoms with Crippen LogP contribution < -0.4 is 5.73 Å². The van der Waals surface area contributed by atoms with Gasteiger partial charge >= 0.3 is 6.18 Å². The summed E-state index contributed by atoms with van der Waals surface area (Å²) in [5.41, 5.74) is 5.16. The predicted molar refractivity (Wildman–Crippen MR) is 85.5 cm³/mol. The fourth-order valence-electron chi connectivity index (χ4n) is 3.08.